The van der Waals surface area contributed by atoms with Gasteiger partial charge in [0.05, 0.1) is 5.88 Å². The van der Waals surface area contributed by atoms with Crippen LogP contribution in [-0.2, 0) is 9.59 Å². The van der Waals surface area contributed by atoms with Crippen molar-refractivity contribution < 1.29 is 9.59 Å². The SMILES string of the molecule is CC(=O)N1CSCC1C(=O)N1CCNC(C)C1. The molecular weight excluding hydrogens is 238 g/mol. The topological polar surface area (TPSA) is 52.7 Å². The van der Waals surface area contributed by atoms with E-state index in [0.717, 1.165) is 25.4 Å². The fourth-order valence-corrected chi connectivity index (χ4v) is 3.51. The first-order valence-corrected chi connectivity index (χ1v) is 7.12. The maximum Gasteiger partial charge on any atom is 0.246 e. The molecule has 0 saturated carbocycles. The summed E-state index contributed by atoms with van der Waals surface area (Å²) in [5.74, 6) is 1.49. The van der Waals surface area contributed by atoms with Gasteiger partial charge < -0.3 is 15.1 Å². The van der Waals surface area contributed by atoms with Crippen LogP contribution in [0, 0.1) is 0 Å². The van der Waals surface area contributed by atoms with Gasteiger partial charge in [0.1, 0.15) is 6.04 Å². The summed E-state index contributed by atoms with van der Waals surface area (Å²) in [6.07, 6.45) is 0. The predicted molar refractivity (Wildman–Crippen MR) is 67.7 cm³/mol. The van der Waals surface area contributed by atoms with Crippen molar-refractivity contribution in [2.75, 3.05) is 31.3 Å². The van der Waals surface area contributed by atoms with E-state index in [9.17, 15) is 9.59 Å². The number of nitrogens with zero attached hydrogens (tertiary/aromatic N) is 2. The third-order valence-corrected chi connectivity index (χ3v) is 4.26. The summed E-state index contributed by atoms with van der Waals surface area (Å²) in [6.45, 7) is 5.94. The van der Waals surface area contributed by atoms with Crippen molar-refractivity contribution >= 4 is 23.6 Å². The maximum atomic E-state index is 12.4. The number of rotatable bonds is 1. The zero-order valence-corrected chi connectivity index (χ0v) is 11.1. The van der Waals surface area contributed by atoms with Crippen LogP contribution in [0.4, 0.5) is 0 Å². The zero-order chi connectivity index (χ0) is 12.4. The molecule has 2 aliphatic heterocycles. The molecule has 2 unspecified atom stereocenters. The van der Waals surface area contributed by atoms with Gasteiger partial charge in [-0.1, -0.05) is 0 Å². The molecule has 6 heteroatoms. The summed E-state index contributed by atoms with van der Waals surface area (Å²) < 4.78 is 0. The molecule has 0 aromatic rings. The Morgan fingerprint density at radius 2 is 2.18 bits per heavy atom. The molecule has 0 aromatic carbocycles. The second-order valence-corrected chi connectivity index (χ2v) is 5.64. The van der Waals surface area contributed by atoms with E-state index >= 15 is 0 Å². The Morgan fingerprint density at radius 3 is 2.82 bits per heavy atom. The highest BCUT2D eigenvalue weighted by Crippen LogP contribution is 2.22. The normalized spacial score (nSPS) is 29.5. The van der Waals surface area contributed by atoms with Crippen molar-refractivity contribution in [1.29, 1.82) is 0 Å². The van der Waals surface area contributed by atoms with Gasteiger partial charge in [-0.3, -0.25) is 9.59 Å². The lowest BCUT2D eigenvalue weighted by Crippen LogP contribution is -2.56. The molecule has 2 saturated heterocycles. The molecular formula is C11H19N3O2S. The lowest BCUT2D eigenvalue weighted by Gasteiger charge is -2.35. The molecule has 2 rings (SSSR count). The Kier molecular flexibility index (Phi) is 3.93. The summed E-state index contributed by atoms with van der Waals surface area (Å²) in [7, 11) is 0. The summed E-state index contributed by atoms with van der Waals surface area (Å²) in [4.78, 5) is 27.4. The second kappa shape index (κ2) is 5.27. The minimum atomic E-state index is -0.247. The van der Waals surface area contributed by atoms with Crippen molar-refractivity contribution in [2.24, 2.45) is 0 Å². The highest BCUT2D eigenvalue weighted by molar-refractivity contribution is 7.99. The molecule has 2 aliphatic rings. The van der Waals surface area contributed by atoms with E-state index in [0.29, 0.717) is 11.9 Å². The van der Waals surface area contributed by atoms with E-state index in [1.54, 1.807) is 16.7 Å². The number of thioether (sulfide) groups is 1. The third kappa shape index (κ3) is 2.74. The summed E-state index contributed by atoms with van der Waals surface area (Å²) in [5, 5.41) is 3.31. The van der Waals surface area contributed by atoms with E-state index in [-0.39, 0.29) is 17.9 Å². The average molecular weight is 257 g/mol. The minimum Gasteiger partial charge on any atom is -0.338 e. The van der Waals surface area contributed by atoms with Crippen LogP contribution < -0.4 is 5.32 Å². The number of hydrogen-bond donors (Lipinski definition) is 1. The lowest BCUT2D eigenvalue weighted by atomic mass is 10.2. The standard InChI is InChI=1S/C11H19N3O2S/c1-8-5-13(4-3-12-8)11(16)10-6-17-7-14(10)9(2)15/h8,10,12H,3-7H2,1-2H3. The van der Waals surface area contributed by atoms with Crippen LogP contribution in [0.5, 0.6) is 0 Å². The Balaban J connectivity index is 2.01. The van der Waals surface area contributed by atoms with Gasteiger partial charge in [-0.05, 0) is 6.92 Å². The predicted octanol–water partition coefficient (Wildman–Crippen LogP) is -0.272. The number of hydrogen-bond acceptors (Lipinski definition) is 4. The molecule has 96 valence electrons. The van der Waals surface area contributed by atoms with Crippen molar-refractivity contribution in [1.82, 2.24) is 15.1 Å². The van der Waals surface area contributed by atoms with Gasteiger partial charge in [-0.15, -0.1) is 11.8 Å². The fraction of sp³-hybridized carbons (Fsp3) is 0.818. The van der Waals surface area contributed by atoms with Crippen LogP contribution in [0.15, 0.2) is 0 Å². The van der Waals surface area contributed by atoms with Crippen molar-refractivity contribution in [3.8, 4) is 0 Å². The molecule has 0 aliphatic carbocycles. The van der Waals surface area contributed by atoms with Crippen molar-refractivity contribution in [3.05, 3.63) is 0 Å². The molecule has 0 aromatic heterocycles. The Bertz CT molecular complexity index is 324. The van der Waals surface area contributed by atoms with E-state index in [4.69, 9.17) is 0 Å². The number of carbonyl (C=O) groups is 2. The molecule has 2 amide bonds. The molecule has 2 fully saturated rings. The Morgan fingerprint density at radius 1 is 1.41 bits per heavy atom. The first-order chi connectivity index (χ1) is 8.09. The summed E-state index contributed by atoms with van der Waals surface area (Å²) >= 11 is 1.65. The number of nitrogens with one attached hydrogen (secondary N) is 1. The fourth-order valence-electron chi connectivity index (χ4n) is 2.30. The maximum absolute atomic E-state index is 12.4. The number of piperazine rings is 1. The van der Waals surface area contributed by atoms with Crippen LogP contribution in [-0.4, -0.2) is 65.0 Å². The first kappa shape index (κ1) is 12.7. The quantitative estimate of drug-likeness (QED) is 0.702. The molecule has 0 bridgehead atoms. The second-order valence-electron chi connectivity index (χ2n) is 4.64. The first-order valence-electron chi connectivity index (χ1n) is 5.96. The highest BCUT2D eigenvalue weighted by atomic mass is 32.2. The summed E-state index contributed by atoms with van der Waals surface area (Å²) in [5.41, 5.74) is 0. The number of amides is 2. The average Bonchev–Trinajstić information content (AvgIpc) is 2.77. The molecule has 0 radical (unpaired) electrons. The van der Waals surface area contributed by atoms with Crippen LogP contribution in [0.3, 0.4) is 0 Å². The van der Waals surface area contributed by atoms with Crippen LogP contribution in [0.25, 0.3) is 0 Å². The van der Waals surface area contributed by atoms with E-state index in [1.165, 1.54) is 6.92 Å². The summed E-state index contributed by atoms with van der Waals surface area (Å²) in [6, 6.07) is 0.0929. The van der Waals surface area contributed by atoms with Gasteiger partial charge in [0, 0.05) is 38.4 Å². The van der Waals surface area contributed by atoms with Gasteiger partial charge >= 0.3 is 0 Å². The van der Waals surface area contributed by atoms with Gasteiger partial charge in [0.2, 0.25) is 11.8 Å². The van der Waals surface area contributed by atoms with Gasteiger partial charge in [0.15, 0.2) is 0 Å². The molecule has 17 heavy (non-hydrogen) atoms. The zero-order valence-electron chi connectivity index (χ0n) is 10.3. The monoisotopic (exact) mass is 257 g/mol. The van der Waals surface area contributed by atoms with Crippen molar-refractivity contribution in [2.45, 2.75) is 25.9 Å². The largest absolute Gasteiger partial charge is 0.338 e. The van der Waals surface area contributed by atoms with Gasteiger partial charge in [0.25, 0.3) is 0 Å². The number of carbonyl (C=O) groups excluding carboxylic acids is 2. The minimum absolute atomic E-state index is 0.00321. The van der Waals surface area contributed by atoms with Crippen LogP contribution in [0.2, 0.25) is 0 Å². The third-order valence-electron chi connectivity index (χ3n) is 3.25. The molecule has 0 spiro atoms. The molecule has 1 N–H and O–H groups in total. The van der Waals surface area contributed by atoms with Crippen LogP contribution >= 0.6 is 11.8 Å². The van der Waals surface area contributed by atoms with E-state index < -0.39 is 0 Å². The molecule has 2 heterocycles. The molecule has 5 nitrogen and oxygen atoms in total. The smallest absolute Gasteiger partial charge is 0.246 e. The lowest BCUT2D eigenvalue weighted by molar-refractivity contribution is -0.143. The van der Waals surface area contributed by atoms with Gasteiger partial charge in [-0.2, -0.15) is 0 Å². The van der Waals surface area contributed by atoms with Crippen molar-refractivity contribution in [3.63, 3.8) is 0 Å². The van der Waals surface area contributed by atoms with Crippen LogP contribution in [0.1, 0.15) is 13.8 Å². The Labute approximate surface area is 106 Å². The molecule has 2 atom stereocenters. The van der Waals surface area contributed by atoms with E-state index in [2.05, 4.69) is 12.2 Å². The highest BCUT2D eigenvalue weighted by Gasteiger charge is 2.36. The van der Waals surface area contributed by atoms with Gasteiger partial charge in [-0.25, -0.2) is 0 Å². The van der Waals surface area contributed by atoms with E-state index in [1.807, 2.05) is 4.90 Å². The Hall–Kier alpha value is -0.750.